The second-order valence-corrected chi connectivity index (χ2v) is 17.8. The van der Waals surface area contributed by atoms with Crippen LogP contribution in [0.15, 0.2) is 218 Å². The molecule has 1 aliphatic carbocycles. The first-order chi connectivity index (χ1) is 31.3. The van der Waals surface area contributed by atoms with E-state index in [1.807, 2.05) is 11.3 Å². The molecule has 2 nitrogen and oxygen atoms in total. The lowest BCUT2D eigenvalue weighted by molar-refractivity contribution is 1.17. The molecular weight excluding hydrogens is 781 g/mol. The van der Waals surface area contributed by atoms with Crippen LogP contribution in [0.4, 0.5) is 0 Å². The summed E-state index contributed by atoms with van der Waals surface area (Å²) >= 11 is 1.88. The molecule has 0 amide bonds. The molecule has 0 atom stereocenters. The Morgan fingerprint density at radius 3 is 1.29 bits per heavy atom. The average Bonchev–Trinajstić information content (AvgIpc) is 4.01. The Hall–Kier alpha value is -7.98. The largest absolute Gasteiger partial charge is 0.309 e. The van der Waals surface area contributed by atoms with Crippen molar-refractivity contribution in [2.45, 2.75) is 0 Å². The van der Waals surface area contributed by atoms with Crippen LogP contribution < -0.4 is 0 Å². The van der Waals surface area contributed by atoms with Gasteiger partial charge in [-0.2, -0.15) is 0 Å². The second-order valence-electron chi connectivity index (χ2n) is 16.8. The number of para-hydroxylation sites is 3. The average molecular weight is 817 g/mol. The normalized spacial score (nSPS) is 12.1. The Bertz CT molecular complexity index is 3990. The van der Waals surface area contributed by atoms with Crippen molar-refractivity contribution >= 4 is 75.1 Å². The molecule has 3 aromatic heterocycles. The van der Waals surface area contributed by atoms with Crippen molar-refractivity contribution < 1.29 is 0 Å². The van der Waals surface area contributed by atoms with E-state index in [-0.39, 0.29) is 0 Å². The highest BCUT2D eigenvalue weighted by Gasteiger charge is 2.27. The minimum atomic E-state index is 1.15. The van der Waals surface area contributed by atoms with Crippen molar-refractivity contribution in [2.24, 2.45) is 0 Å². The first kappa shape index (κ1) is 34.7. The van der Waals surface area contributed by atoms with Gasteiger partial charge >= 0.3 is 0 Å². The van der Waals surface area contributed by atoms with Crippen LogP contribution >= 0.6 is 11.3 Å². The summed E-state index contributed by atoms with van der Waals surface area (Å²) < 4.78 is 7.58. The quantitative estimate of drug-likeness (QED) is 0.168. The van der Waals surface area contributed by atoms with Crippen LogP contribution in [0.5, 0.6) is 0 Å². The molecule has 0 bridgehead atoms. The van der Waals surface area contributed by atoms with Gasteiger partial charge in [-0.1, -0.05) is 158 Å². The third kappa shape index (κ3) is 4.94. The topological polar surface area (TPSA) is 9.86 Å². The lowest BCUT2D eigenvalue weighted by Gasteiger charge is -2.26. The summed E-state index contributed by atoms with van der Waals surface area (Å²) in [7, 11) is 0. The number of hydrogen-bond donors (Lipinski definition) is 0. The van der Waals surface area contributed by atoms with E-state index in [1.54, 1.807) is 0 Å². The third-order valence-electron chi connectivity index (χ3n) is 13.5. The highest BCUT2D eigenvalue weighted by atomic mass is 32.1. The van der Waals surface area contributed by atoms with Gasteiger partial charge in [0.2, 0.25) is 0 Å². The van der Waals surface area contributed by atoms with Crippen molar-refractivity contribution in [3.63, 3.8) is 0 Å². The lowest BCUT2D eigenvalue weighted by Crippen LogP contribution is -2.02. The molecular formula is C60H36N2S. The number of thiophene rings is 1. The van der Waals surface area contributed by atoms with Gasteiger partial charge in [-0.25, -0.2) is 0 Å². The highest BCUT2D eigenvalue weighted by molar-refractivity contribution is 7.25. The Morgan fingerprint density at radius 1 is 0.254 bits per heavy atom. The monoisotopic (exact) mass is 816 g/mol. The molecule has 10 aromatic carbocycles. The lowest BCUT2D eigenvalue weighted by atomic mass is 9.79. The number of benzene rings is 10. The molecule has 0 N–H and O–H groups in total. The zero-order chi connectivity index (χ0) is 41.2. The number of aromatic nitrogens is 2. The van der Waals surface area contributed by atoms with Gasteiger partial charge in [0.05, 0.1) is 27.8 Å². The summed E-state index contributed by atoms with van der Waals surface area (Å²) in [6.45, 7) is 0. The summed E-state index contributed by atoms with van der Waals surface area (Å²) in [4.78, 5) is 0. The first-order valence-electron chi connectivity index (χ1n) is 21.7. The molecule has 292 valence electrons. The Kier molecular flexibility index (Phi) is 7.30. The van der Waals surface area contributed by atoms with E-state index in [1.165, 1.54) is 119 Å². The predicted molar refractivity (Wildman–Crippen MR) is 269 cm³/mol. The maximum absolute atomic E-state index is 2.55. The van der Waals surface area contributed by atoms with Crippen LogP contribution in [0.25, 0.3) is 131 Å². The van der Waals surface area contributed by atoms with Gasteiger partial charge < -0.3 is 9.13 Å². The number of fused-ring (bicyclic) bond motifs is 17. The van der Waals surface area contributed by atoms with Crippen LogP contribution in [0.2, 0.25) is 0 Å². The fourth-order valence-corrected chi connectivity index (χ4v) is 12.0. The molecule has 0 fully saturated rings. The second kappa shape index (κ2) is 13.3. The third-order valence-corrected chi connectivity index (χ3v) is 14.6. The fraction of sp³-hybridized carbons (Fsp3) is 0. The molecule has 0 unspecified atom stereocenters. The van der Waals surface area contributed by atoms with Gasteiger partial charge in [0.15, 0.2) is 0 Å². The zero-order valence-electron chi connectivity index (χ0n) is 34.1. The molecule has 3 heteroatoms. The molecule has 3 heterocycles. The van der Waals surface area contributed by atoms with Gasteiger partial charge in [0.25, 0.3) is 0 Å². The zero-order valence-corrected chi connectivity index (χ0v) is 34.9. The Morgan fingerprint density at radius 2 is 0.683 bits per heavy atom. The molecule has 0 saturated heterocycles. The number of rotatable bonds is 3. The summed E-state index contributed by atoms with van der Waals surface area (Å²) in [5.74, 6) is 0. The van der Waals surface area contributed by atoms with Crippen molar-refractivity contribution in [2.75, 3.05) is 0 Å². The van der Waals surface area contributed by atoms with Gasteiger partial charge in [0, 0.05) is 53.0 Å². The van der Waals surface area contributed by atoms with Gasteiger partial charge in [-0.05, 0) is 111 Å². The van der Waals surface area contributed by atoms with Crippen molar-refractivity contribution in [3.8, 4) is 67.0 Å². The maximum atomic E-state index is 2.55. The molecule has 1 aliphatic rings. The van der Waals surface area contributed by atoms with E-state index in [2.05, 4.69) is 228 Å². The summed E-state index contributed by atoms with van der Waals surface area (Å²) in [6, 6.07) is 81.3. The minimum Gasteiger partial charge on any atom is -0.309 e. The number of hydrogen-bond acceptors (Lipinski definition) is 1. The van der Waals surface area contributed by atoms with Gasteiger partial charge in [0.1, 0.15) is 0 Å². The summed E-state index contributed by atoms with van der Waals surface area (Å²) in [6.07, 6.45) is 0. The SMILES string of the molecule is c1ccc2c(c1)-c1ccccc1-c1cc(-c3cccc4sc5ccccc5c34)c(-n3c4ccccc4c4cc(-n5c6ccccc6c6ccccc65)ccc43)cc1-c1ccccc1-2. The van der Waals surface area contributed by atoms with Crippen LogP contribution in [-0.2, 0) is 0 Å². The van der Waals surface area contributed by atoms with Crippen molar-refractivity contribution in [3.05, 3.63) is 218 Å². The van der Waals surface area contributed by atoms with E-state index in [0.717, 1.165) is 11.4 Å². The van der Waals surface area contributed by atoms with Crippen LogP contribution in [0, 0.1) is 0 Å². The highest BCUT2D eigenvalue weighted by Crippen LogP contribution is 2.52. The van der Waals surface area contributed by atoms with E-state index in [4.69, 9.17) is 0 Å². The molecule has 0 radical (unpaired) electrons. The molecule has 0 saturated carbocycles. The summed E-state index contributed by atoms with van der Waals surface area (Å²) in [5.41, 5.74) is 19.5. The van der Waals surface area contributed by atoms with Gasteiger partial charge in [-0.15, -0.1) is 11.3 Å². The number of nitrogens with zero attached hydrogens (tertiary/aromatic N) is 2. The standard InChI is InChI=1S/C60H36N2S/c1-2-17-39-38(16-1)40-18-3-5-20-42(40)49-35-52(47-26-15-31-59-60(47)48-25-10-14-30-58(48)63-59)57(36-50(49)43-21-6-4-19-41(39)43)62-55-29-13-9-24-46(55)51-34-37(32-33-56(51)62)61-53-27-11-7-22-44(53)45-23-8-12-28-54(45)61/h1-36H. The molecule has 0 aliphatic heterocycles. The van der Waals surface area contributed by atoms with E-state index < -0.39 is 0 Å². The smallest absolute Gasteiger partial charge is 0.0547 e. The minimum absolute atomic E-state index is 1.15. The van der Waals surface area contributed by atoms with E-state index >= 15 is 0 Å². The summed E-state index contributed by atoms with van der Waals surface area (Å²) in [5, 5.41) is 7.58. The first-order valence-corrected chi connectivity index (χ1v) is 22.5. The van der Waals surface area contributed by atoms with Crippen molar-refractivity contribution in [1.29, 1.82) is 0 Å². The maximum Gasteiger partial charge on any atom is 0.0547 e. The Labute approximate surface area is 367 Å². The molecule has 63 heavy (non-hydrogen) atoms. The van der Waals surface area contributed by atoms with Gasteiger partial charge in [-0.3, -0.25) is 0 Å². The predicted octanol–water partition coefficient (Wildman–Crippen LogP) is 16.9. The van der Waals surface area contributed by atoms with E-state index in [9.17, 15) is 0 Å². The van der Waals surface area contributed by atoms with E-state index in [0.29, 0.717) is 0 Å². The van der Waals surface area contributed by atoms with Crippen LogP contribution in [0.1, 0.15) is 0 Å². The van der Waals surface area contributed by atoms with Crippen LogP contribution in [-0.4, -0.2) is 9.13 Å². The molecule has 14 rings (SSSR count). The molecule has 0 spiro atoms. The molecule has 13 aromatic rings. The van der Waals surface area contributed by atoms with Crippen LogP contribution in [0.3, 0.4) is 0 Å². The Balaban J connectivity index is 1.13. The fourth-order valence-electron chi connectivity index (χ4n) is 10.9. The van der Waals surface area contributed by atoms with Crippen molar-refractivity contribution in [1.82, 2.24) is 9.13 Å².